The molecule has 0 unspecified atom stereocenters. The average Bonchev–Trinajstić information content (AvgIpc) is 3.32. The highest BCUT2D eigenvalue weighted by molar-refractivity contribution is 5.94. The molecule has 2 heterocycles. The van der Waals surface area contributed by atoms with Crippen LogP contribution in [0.5, 0.6) is 0 Å². The summed E-state index contributed by atoms with van der Waals surface area (Å²) in [4.78, 5) is 21.7. The molecule has 0 bridgehead atoms. The predicted molar refractivity (Wildman–Crippen MR) is 93.9 cm³/mol. The lowest BCUT2D eigenvalue weighted by molar-refractivity contribution is 0.0598. The summed E-state index contributed by atoms with van der Waals surface area (Å²) in [6.45, 7) is 0. The molecular weight excluding hydrogens is 316 g/mol. The van der Waals surface area contributed by atoms with Crippen molar-refractivity contribution >= 4 is 5.91 Å². The molecule has 0 aromatic carbocycles. The third kappa shape index (κ3) is 3.31. The van der Waals surface area contributed by atoms with E-state index in [4.69, 9.17) is 8.85 Å². The molecule has 1 saturated carbocycles. The van der Waals surface area contributed by atoms with E-state index in [9.17, 15) is 4.79 Å². The summed E-state index contributed by atoms with van der Waals surface area (Å²) in [5.74, 6) is 0.554. The SMILES string of the molecule is [2H]C([2H])([2H])O[C@H]1CC[C@H](NC(=O)c2nc(-n3ccnc3)cc3c2CCC3)CC1. The van der Waals surface area contributed by atoms with Crippen LogP contribution in [0.3, 0.4) is 0 Å². The van der Waals surface area contributed by atoms with Gasteiger partial charge in [-0.25, -0.2) is 9.97 Å². The number of fused-ring (bicyclic) bond motifs is 1. The van der Waals surface area contributed by atoms with Crippen LogP contribution in [0.1, 0.15) is 57.8 Å². The molecule has 2 aliphatic rings. The second kappa shape index (κ2) is 6.96. The Bertz CT molecular complexity index is 844. The Morgan fingerprint density at radius 2 is 2.24 bits per heavy atom. The van der Waals surface area contributed by atoms with Crippen molar-refractivity contribution in [3.05, 3.63) is 41.6 Å². The second-order valence-corrected chi connectivity index (χ2v) is 6.86. The van der Waals surface area contributed by atoms with E-state index in [0.29, 0.717) is 37.2 Å². The van der Waals surface area contributed by atoms with Crippen molar-refractivity contribution in [3.63, 3.8) is 0 Å². The molecule has 0 atom stereocenters. The maximum atomic E-state index is 13.0. The zero-order valence-electron chi connectivity index (χ0n) is 17.1. The van der Waals surface area contributed by atoms with Crippen LogP contribution >= 0.6 is 0 Å². The first-order chi connectivity index (χ1) is 13.4. The number of carbonyl (C=O) groups excluding carboxylic acids is 1. The molecule has 1 N–H and O–H groups in total. The fourth-order valence-electron chi connectivity index (χ4n) is 3.86. The number of amides is 1. The number of rotatable bonds is 4. The van der Waals surface area contributed by atoms with E-state index >= 15 is 0 Å². The number of hydrogen-bond donors (Lipinski definition) is 1. The number of nitrogens with one attached hydrogen (secondary N) is 1. The fraction of sp³-hybridized carbons (Fsp3) is 0.526. The van der Waals surface area contributed by atoms with Crippen LogP contribution in [0.15, 0.2) is 24.8 Å². The zero-order valence-corrected chi connectivity index (χ0v) is 14.1. The molecule has 0 spiro atoms. The summed E-state index contributed by atoms with van der Waals surface area (Å²) in [7, 11) is -2.36. The number of aryl methyl sites for hydroxylation is 1. The minimum atomic E-state index is -2.36. The van der Waals surface area contributed by atoms with Crippen molar-refractivity contribution in [3.8, 4) is 5.82 Å². The largest absolute Gasteiger partial charge is 0.381 e. The average molecular weight is 343 g/mol. The van der Waals surface area contributed by atoms with Crippen molar-refractivity contribution in [2.75, 3.05) is 7.04 Å². The van der Waals surface area contributed by atoms with Crippen molar-refractivity contribution in [2.24, 2.45) is 0 Å². The third-order valence-electron chi connectivity index (χ3n) is 5.24. The predicted octanol–water partition coefficient (Wildman–Crippen LogP) is 2.44. The van der Waals surface area contributed by atoms with E-state index in [1.807, 2.05) is 16.8 Å². The lowest BCUT2D eigenvalue weighted by Crippen LogP contribution is -2.39. The molecule has 0 radical (unpaired) electrons. The zero-order chi connectivity index (χ0) is 19.7. The highest BCUT2D eigenvalue weighted by atomic mass is 16.5. The number of aromatic nitrogens is 3. The molecule has 0 aliphatic heterocycles. The molecule has 2 aromatic heterocycles. The van der Waals surface area contributed by atoms with Gasteiger partial charge in [-0.2, -0.15) is 0 Å². The topological polar surface area (TPSA) is 69.0 Å². The third-order valence-corrected chi connectivity index (χ3v) is 5.24. The molecule has 6 heteroatoms. The number of nitrogens with zero attached hydrogens (tertiary/aromatic N) is 3. The van der Waals surface area contributed by atoms with Crippen LogP contribution < -0.4 is 5.32 Å². The van der Waals surface area contributed by atoms with Crippen LogP contribution in [-0.2, 0) is 17.6 Å². The van der Waals surface area contributed by atoms with E-state index in [2.05, 4.69) is 15.3 Å². The number of methoxy groups -OCH3 is 1. The fourth-order valence-corrected chi connectivity index (χ4v) is 3.86. The summed E-state index contributed by atoms with van der Waals surface area (Å²) in [6, 6.07) is 2.05. The summed E-state index contributed by atoms with van der Waals surface area (Å²) in [5.41, 5.74) is 2.72. The highest BCUT2D eigenvalue weighted by Gasteiger charge is 2.26. The second-order valence-electron chi connectivity index (χ2n) is 6.86. The van der Waals surface area contributed by atoms with Gasteiger partial charge < -0.3 is 10.1 Å². The molecule has 25 heavy (non-hydrogen) atoms. The van der Waals surface area contributed by atoms with Crippen LogP contribution in [0.2, 0.25) is 0 Å². The van der Waals surface area contributed by atoms with Gasteiger partial charge in [0.2, 0.25) is 0 Å². The van der Waals surface area contributed by atoms with E-state index < -0.39 is 7.04 Å². The smallest absolute Gasteiger partial charge is 0.270 e. The molecule has 2 aromatic rings. The molecule has 2 aliphatic carbocycles. The molecule has 132 valence electrons. The van der Waals surface area contributed by atoms with Crippen molar-refractivity contribution in [2.45, 2.75) is 57.1 Å². The monoisotopic (exact) mass is 343 g/mol. The van der Waals surface area contributed by atoms with E-state index in [1.54, 1.807) is 12.5 Å². The number of carbonyl (C=O) groups is 1. The maximum absolute atomic E-state index is 13.0. The first kappa shape index (κ1) is 13.1. The lowest BCUT2D eigenvalue weighted by Gasteiger charge is -2.28. The van der Waals surface area contributed by atoms with Gasteiger partial charge in [0.1, 0.15) is 17.8 Å². The summed E-state index contributed by atoms with van der Waals surface area (Å²) in [6.07, 6.45) is 10.4. The first-order valence-corrected chi connectivity index (χ1v) is 8.89. The molecular formula is C19H24N4O2. The van der Waals surface area contributed by atoms with Gasteiger partial charge in [0.25, 0.3) is 5.91 Å². The number of hydrogen-bond acceptors (Lipinski definition) is 4. The Morgan fingerprint density at radius 3 is 3.00 bits per heavy atom. The Labute approximate surface area is 151 Å². The highest BCUT2D eigenvalue weighted by Crippen LogP contribution is 2.27. The van der Waals surface area contributed by atoms with Gasteiger partial charge >= 0.3 is 0 Å². The Kier molecular flexibility index (Phi) is 3.63. The van der Waals surface area contributed by atoms with Crippen LogP contribution in [0.25, 0.3) is 5.82 Å². The van der Waals surface area contributed by atoms with Gasteiger partial charge in [-0.15, -0.1) is 0 Å². The Hall–Kier alpha value is -2.21. The van der Waals surface area contributed by atoms with Gasteiger partial charge in [0.05, 0.1) is 10.2 Å². The quantitative estimate of drug-likeness (QED) is 0.926. The summed E-state index contributed by atoms with van der Waals surface area (Å²) >= 11 is 0. The van der Waals surface area contributed by atoms with Crippen molar-refractivity contribution in [1.82, 2.24) is 19.9 Å². The molecule has 0 saturated heterocycles. The normalized spacial score (nSPS) is 24.9. The van der Waals surface area contributed by atoms with Crippen LogP contribution in [0.4, 0.5) is 0 Å². The molecule has 1 fully saturated rings. The minimum absolute atomic E-state index is 0.0136. The minimum Gasteiger partial charge on any atom is -0.381 e. The standard InChI is InChI=1S/C19H24N4O2/c1-25-15-7-5-14(6-8-15)21-19(24)18-16-4-2-3-13(16)11-17(22-18)23-10-9-20-12-23/h9-12,14-15H,2-8H2,1H3,(H,21,24)/t14-,15-/i1D3. The molecule has 4 rings (SSSR count). The van der Waals surface area contributed by atoms with E-state index in [1.165, 1.54) is 5.56 Å². The maximum Gasteiger partial charge on any atom is 0.270 e. The van der Waals surface area contributed by atoms with Gasteiger partial charge in [-0.3, -0.25) is 9.36 Å². The van der Waals surface area contributed by atoms with E-state index in [-0.39, 0.29) is 18.1 Å². The number of ether oxygens (including phenoxy) is 1. The van der Waals surface area contributed by atoms with Gasteiger partial charge in [-0.05, 0) is 62.1 Å². The lowest BCUT2D eigenvalue weighted by atomic mass is 9.93. The number of imidazole rings is 1. The van der Waals surface area contributed by atoms with Crippen LogP contribution in [-0.4, -0.2) is 39.6 Å². The summed E-state index contributed by atoms with van der Waals surface area (Å²) < 4.78 is 28.6. The van der Waals surface area contributed by atoms with Crippen molar-refractivity contribution < 1.29 is 13.6 Å². The summed E-state index contributed by atoms with van der Waals surface area (Å²) in [5, 5.41) is 3.10. The Morgan fingerprint density at radius 1 is 1.36 bits per heavy atom. The van der Waals surface area contributed by atoms with Gasteiger partial charge in [-0.1, -0.05) is 0 Å². The Balaban J connectivity index is 1.46. The first-order valence-electron chi connectivity index (χ1n) is 10.4. The molecule has 1 amide bonds. The van der Waals surface area contributed by atoms with E-state index in [0.717, 1.165) is 24.8 Å². The van der Waals surface area contributed by atoms with Gasteiger partial charge in [0, 0.05) is 25.5 Å². The molecule has 6 nitrogen and oxygen atoms in total. The number of pyridine rings is 1. The van der Waals surface area contributed by atoms with Gasteiger partial charge in [0.15, 0.2) is 0 Å². The van der Waals surface area contributed by atoms with Crippen molar-refractivity contribution in [1.29, 1.82) is 0 Å². The van der Waals surface area contributed by atoms with Crippen LogP contribution in [0, 0.1) is 0 Å².